The lowest BCUT2D eigenvalue weighted by molar-refractivity contribution is 0.300. The van der Waals surface area contributed by atoms with E-state index in [0.717, 1.165) is 21.3 Å². The molecule has 1 N–H and O–H groups in total. The Bertz CT molecular complexity index is 606. The van der Waals surface area contributed by atoms with E-state index < -0.39 is 5.82 Å². The smallest absolute Gasteiger partial charge is 0.142 e. The highest BCUT2D eigenvalue weighted by molar-refractivity contribution is 9.10. The largest absolute Gasteiger partial charge is 0.487 e. The lowest BCUT2D eigenvalue weighted by Crippen LogP contribution is -2.08. The summed E-state index contributed by atoms with van der Waals surface area (Å²) >= 11 is 9.13. The van der Waals surface area contributed by atoms with Gasteiger partial charge < -0.3 is 10.1 Å². The van der Waals surface area contributed by atoms with E-state index in [1.165, 1.54) is 12.1 Å². The summed E-state index contributed by atoms with van der Waals surface area (Å²) in [6, 6.07) is 10.5. The van der Waals surface area contributed by atoms with Gasteiger partial charge in [-0.05, 0) is 46.7 Å². The Morgan fingerprint density at radius 1 is 1.30 bits per heavy atom. The second kappa shape index (κ2) is 7.07. The summed E-state index contributed by atoms with van der Waals surface area (Å²) in [7, 11) is 1.87. The summed E-state index contributed by atoms with van der Waals surface area (Å²) < 4.78 is 20.1. The quantitative estimate of drug-likeness (QED) is 0.847. The van der Waals surface area contributed by atoms with Crippen LogP contribution in [0.2, 0.25) is 5.02 Å². The highest BCUT2D eigenvalue weighted by Gasteiger charge is 2.08. The molecule has 0 heterocycles. The number of hydrogen-bond acceptors (Lipinski definition) is 2. The van der Waals surface area contributed by atoms with Crippen molar-refractivity contribution in [2.45, 2.75) is 13.2 Å². The number of nitrogens with one attached hydrogen (secondary N) is 1. The van der Waals surface area contributed by atoms with Gasteiger partial charge in [-0.25, -0.2) is 4.39 Å². The fourth-order valence-electron chi connectivity index (χ4n) is 1.83. The minimum atomic E-state index is -0.435. The van der Waals surface area contributed by atoms with Crippen LogP contribution in [0, 0.1) is 5.82 Å². The first-order chi connectivity index (χ1) is 9.61. The normalized spacial score (nSPS) is 10.6. The molecule has 0 fully saturated rings. The molecule has 20 heavy (non-hydrogen) atoms. The number of benzene rings is 2. The van der Waals surface area contributed by atoms with Gasteiger partial charge in [0, 0.05) is 12.1 Å². The Morgan fingerprint density at radius 3 is 2.80 bits per heavy atom. The third-order valence-corrected chi connectivity index (χ3v) is 3.71. The highest BCUT2D eigenvalue weighted by atomic mass is 79.9. The van der Waals surface area contributed by atoms with Gasteiger partial charge in [0.2, 0.25) is 0 Å². The average Bonchev–Trinajstić information content (AvgIpc) is 2.42. The van der Waals surface area contributed by atoms with Crippen molar-refractivity contribution < 1.29 is 9.13 Å². The van der Waals surface area contributed by atoms with Gasteiger partial charge in [0.1, 0.15) is 18.2 Å². The average molecular weight is 359 g/mol. The fourth-order valence-corrected chi connectivity index (χ4v) is 2.47. The zero-order valence-electron chi connectivity index (χ0n) is 10.9. The maximum atomic E-state index is 13.4. The van der Waals surface area contributed by atoms with Crippen molar-refractivity contribution >= 4 is 27.5 Å². The number of hydrogen-bond donors (Lipinski definition) is 1. The second-order valence-electron chi connectivity index (χ2n) is 4.30. The van der Waals surface area contributed by atoms with Gasteiger partial charge in [-0.3, -0.25) is 0 Å². The number of ether oxygens (including phenoxy) is 1. The standard InChI is InChI=1S/C15H14BrClFNO/c1-19-8-11-3-2-4-12(16)15(11)20-9-10-5-6-13(17)14(18)7-10/h2-7,19H,8-9H2,1H3. The predicted octanol–water partition coefficient (Wildman–Crippen LogP) is 4.54. The van der Waals surface area contributed by atoms with E-state index in [-0.39, 0.29) is 11.6 Å². The predicted molar refractivity (Wildman–Crippen MR) is 82.6 cm³/mol. The molecular weight excluding hydrogens is 345 g/mol. The summed E-state index contributed by atoms with van der Waals surface area (Å²) in [6.45, 7) is 0.983. The molecular formula is C15H14BrClFNO. The Kier molecular flexibility index (Phi) is 5.40. The van der Waals surface area contributed by atoms with Crippen molar-refractivity contribution in [3.8, 4) is 5.75 Å². The van der Waals surface area contributed by atoms with Crippen LogP contribution in [0.3, 0.4) is 0 Å². The fraction of sp³-hybridized carbons (Fsp3) is 0.200. The maximum Gasteiger partial charge on any atom is 0.142 e. The molecule has 0 atom stereocenters. The van der Waals surface area contributed by atoms with Crippen molar-refractivity contribution in [2.24, 2.45) is 0 Å². The molecule has 0 bridgehead atoms. The number of halogens is 3. The first-order valence-electron chi connectivity index (χ1n) is 6.10. The first-order valence-corrected chi connectivity index (χ1v) is 7.27. The van der Waals surface area contributed by atoms with Gasteiger partial charge >= 0.3 is 0 Å². The van der Waals surface area contributed by atoms with Crippen molar-refractivity contribution in [1.82, 2.24) is 5.32 Å². The van der Waals surface area contributed by atoms with E-state index in [1.807, 2.05) is 25.2 Å². The molecule has 106 valence electrons. The van der Waals surface area contributed by atoms with Crippen LogP contribution in [0.25, 0.3) is 0 Å². The van der Waals surface area contributed by atoms with Gasteiger partial charge in [-0.2, -0.15) is 0 Å². The highest BCUT2D eigenvalue weighted by Crippen LogP contribution is 2.30. The summed E-state index contributed by atoms with van der Waals surface area (Å²) in [6.07, 6.45) is 0. The van der Waals surface area contributed by atoms with Crippen LogP contribution in [0.4, 0.5) is 4.39 Å². The molecule has 0 saturated heterocycles. The molecule has 0 aliphatic rings. The molecule has 0 amide bonds. The zero-order valence-corrected chi connectivity index (χ0v) is 13.3. The molecule has 2 nitrogen and oxygen atoms in total. The lowest BCUT2D eigenvalue weighted by Gasteiger charge is -2.13. The summed E-state index contributed by atoms with van der Waals surface area (Å²) in [5.41, 5.74) is 1.77. The molecule has 5 heteroatoms. The summed E-state index contributed by atoms with van der Waals surface area (Å²) in [4.78, 5) is 0. The molecule has 0 aliphatic heterocycles. The molecule has 2 aromatic rings. The molecule has 0 spiro atoms. The molecule has 0 saturated carbocycles. The van der Waals surface area contributed by atoms with Gasteiger partial charge in [0.25, 0.3) is 0 Å². The first kappa shape index (κ1) is 15.3. The SMILES string of the molecule is CNCc1cccc(Br)c1OCc1ccc(Cl)c(F)c1. The van der Waals surface area contributed by atoms with Gasteiger partial charge in [-0.1, -0.05) is 29.8 Å². The van der Waals surface area contributed by atoms with Crippen LogP contribution in [0.15, 0.2) is 40.9 Å². The van der Waals surface area contributed by atoms with E-state index in [1.54, 1.807) is 6.07 Å². The van der Waals surface area contributed by atoms with Gasteiger partial charge in [-0.15, -0.1) is 0 Å². The van der Waals surface area contributed by atoms with Crippen LogP contribution in [0.5, 0.6) is 5.75 Å². The third kappa shape index (κ3) is 3.72. The Morgan fingerprint density at radius 2 is 2.10 bits per heavy atom. The lowest BCUT2D eigenvalue weighted by atomic mass is 10.2. The van der Waals surface area contributed by atoms with Crippen molar-refractivity contribution in [3.05, 3.63) is 62.8 Å². The zero-order chi connectivity index (χ0) is 14.5. The van der Waals surface area contributed by atoms with Crippen molar-refractivity contribution in [1.29, 1.82) is 0 Å². The van der Waals surface area contributed by atoms with E-state index in [2.05, 4.69) is 21.2 Å². The van der Waals surface area contributed by atoms with Crippen LogP contribution < -0.4 is 10.1 Å². The third-order valence-electron chi connectivity index (χ3n) is 2.78. The monoisotopic (exact) mass is 357 g/mol. The molecule has 2 aromatic carbocycles. The number of rotatable bonds is 5. The molecule has 0 radical (unpaired) electrons. The van der Waals surface area contributed by atoms with Gasteiger partial charge in [0.15, 0.2) is 0 Å². The van der Waals surface area contributed by atoms with Crippen LogP contribution in [-0.4, -0.2) is 7.05 Å². The Hall–Kier alpha value is -1.10. The maximum absolute atomic E-state index is 13.4. The topological polar surface area (TPSA) is 21.3 Å². The minimum absolute atomic E-state index is 0.116. The van der Waals surface area contributed by atoms with E-state index in [0.29, 0.717) is 6.54 Å². The molecule has 0 aromatic heterocycles. The molecule has 0 aliphatic carbocycles. The second-order valence-corrected chi connectivity index (χ2v) is 5.56. The van der Waals surface area contributed by atoms with Gasteiger partial charge in [0.05, 0.1) is 9.50 Å². The summed E-state index contributed by atoms with van der Waals surface area (Å²) in [5.74, 6) is 0.326. The minimum Gasteiger partial charge on any atom is -0.487 e. The summed E-state index contributed by atoms with van der Waals surface area (Å²) in [5, 5.41) is 3.20. The van der Waals surface area contributed by atoms with Crippen molar-refractivity contribution in [3.63, 3.8) is 0 Å². The van der Waals surface area contributed by atoms with Crippen molar-refractivity contribution in [2.75, 3.05) is 7.05 Å². The van der Waals surface area contributed by atoms with E-state index in [9.17, 15) is 4.39 Å². The molecule has 2 rings (SSSR count). The van der Waals surface area contributed by atoms with Crippen LogP contribution in [0.1, 0.15) is 11.1 Å². The Balaban J connectivity index is 2.15. The number of para-hydroxylation sites is 1. The van der Waals surface area contributed by atoms with Crippen LogP contribution in [-0.2, 0) is 13.2 Å². The molecule has 0 unspecified atom stereocenters. The van der Waals surface area contributed by atoms with E-state index in [4.69, 9.17) is 16.3 Å². The van der Waals surface area contributed by atoms with Crippen LogP contribution >= 0.6 is 27.5 Å². The Labute approximate surface area is 131 Å². The van der Waals surface area contributed by atoms with E-state index >= 15 is 0 Å².